The van der Waals surface area contributed by atoms with Crippen LogP contribution in [0.3, 0.4) is 0 Å². The molecular formula is C66H84Br4N2O4. The first-order chi connectivity index (χ1) is 36.0. The molecule has 6 nitrogen and oxygen atoms in total. The summed E-state index contributed by atoms with van der Waals surface area (Å²) in [6, 6.07) is 58.0. The van der Waals surface area contributed by atoms with Crippen LogP contribution in [-0.2, 0) is 33.9 Å². The molecule has 0 saturated carbocycles. The summed E-state index contributed by atoms with van der Waals surface area (Å²) in [5.41, 5.74) is 4.38. The van der Waals surface area contributed by atoms with E-state index in [1.165, 1.54) is 49.7 Å². The van der Waals surface area contributed by atoms with Crippen molar-refractivity contribution in [3.63, 3.8) is 0 Å². The van der Waals surface area contributed by atoms with Gasteiger partial charge in [0.05, 0.1) is 65.7 Å². The van der Waals surface area contributed by atoms with E-state index >= 15 is 0 Å². The molecule has 6 aliphatic rings. The normalized spacial score (nSPS) is 22.4. The van der Waals surface area contributed by atoms with E-state index in [9.17, 15) is 10.2 Å². The lowest BCUT2D eigenvalue weighted by Gasteiger charge is -2.60. The van der Waals surface area contributed by atoms with Crippen molar-refractivity contribution in [3.8, 4) is 0 Å². The SMILES string of the molecule is CCCCCCCC.OC(c1ccccc1)(c1ccccc1)C12CC[N+](CCOCc3ccc(Br)cc3)(CC1)CC2.OC(c1ccccc1)(c1ccccc1)C12CC[N+](CCOCc3ccc(Br)cc3)(CC1)CC2.[Br-].[Br-]. The molecule has 6 aromatic carbocycles. The Balaban J connectivity index is 0.000000211. The van der Waals surface area contributed by atoms with E-state index in [-0.39, 0.29) is 44.8 Å². The Labute approximate surface area is 494 Å². The van der Waals surface area contributed by atoms with E-state index in [2.05, 4.69) is 191 Å². The second kappa shape index (κ2) is 29.5. The van der Waals surface area contributed by atoms with Gasteiger partial charge in [0, 0.05) is 58.3 Å². The summed E-state index contributed by atoms with van der Waals surface area (Å²) in [7, 11) is 0. The zero-order valence-corrected chi connectivity index (χ0v) is 51.6. The fourth-order valence-electron chi connectivity index (χ4n) is 13.1. The first kappa shape index (κ1) is 62.2. The lowest BCUT2D eigenvalue weighted by atomic mass is 9.56. The maximum Gasteiger partial charge on any atom is 0.121 e. The second-order valence-corrected chi connectivity index (χ2v) is 24.0. The highest BCUT2D eigenvalue weighted by molar-refractivity contribution is 9.10. The van der Waals surface area contributed by atoms with Crippen LogP contribution in [0.15, 0.2) is 179 Å². The highest BCUT2D eigenvalue weighted by atomic mass is 79.9. The van der Waals surface area contributed by atoms with Crippen molar-refractivity contribution in [2.75, 3.05) is 65.6 Å². The largest absolute Gasteiger partial charge is 1.00 e. The number of quaternary nitrogens is 2. The quantitative estimate of drug-likeness (QED) is 0.0558. The molecule has 2 N–H and O–H groups in total. The predicted molar refractivity (Wildman–Crippen MR) is 310 cm³/mol. The van der Waals surface area contributed by atoms with Crippen molar-refractivity contribution in [1.82, 2.24) is 0 Å². The van der Waals surface area contributed by atoms with E-state index in [0.717, 1.165) is 144 Å². The number of aliphatic hydroxyl groups is 2. The minimum absolute atomic E-state index is 0. The van der Waals surface area contributed by atoms with Crippen molar-refractivity contribution >= 4 is 31.9 Å². The van der Waals surface area contributed by atoms with E-state index in [4.69, 9.17) is 9.47 Å². The van der Waals surface area contributed by atoms with Crippen LogP contribution in [0, 0.1) is 10.8 Å². The molecule has 10 heteroatoms. The van der Waals surface area contributed by atoms with Crippen LogP contribution in [0.5, 0.6) is 0 Å². The van der Waals surface area contributed by atoms with Crippen LogP contribution < -0.4 is 34.0 Å². The number of hydrogen-bond acceptors (Lipinski definition) is 4. The minimum atomic E-state index is -0.954. The van der Waals surface area contributed by atoms with Crippen LogP contribution in [-0.4, -0.2) is 84.8 Å². The fourth-order valence-corrected chi connectivity index (χ4v) is 13.6. The lowest BCUT2D eigenvalue weighted by Crippen LogP contribution is -3.00. The molecule has 4 bridgehead atoms. The molecule has 0 aliphatic carbocycles. The van der Waals surface area contributed by atoms with E-state index < -0.39 is 11.2 Å². The highest BCUT2D eigenvalue weighted by Gasteiger charge is 2.61. The van der Waals surface area contributed by atoms with Crippen LogP contribution in [0.4, 0.5) is 0 Å². The first-order valence-corrected chi connectivity index (χ1v) is 29.6. The number of rotatable bonds is 21. The second-order valence-electron chi connectivity index (χ2n) is 22.2. The van der Waals surface area contributed by atoms with Gasteiger partial charge in [0.15, 0.2) is 0 Å². The van der Waals surface area contributed by atoms with Crippen LogP contribution in [0.1, 0.15) is 124 Å². The molecule has 410 valence electrons. The third-order valence-corrected chi connectivity index (χ3v) is 19.0. The molecule has 0 amide bonds. The van der Waals surface area contributed by atoms with Gasteiger partial charge in [-0.2, -0.15) is 0 Å². The Hall–Kier alpha value is -3.00. The number of ether oxygens (including phenoxy) is 2. The molecule has 6 saturated heterocycles. The van der Waals surface area contributed by atoms with Gasteiger partial charge >= 0.3 is 0 Å². The summed E-state index contributed by atoms with van der Waals surface area (Å²) in [5.74, 6) is 0. The van der Waals surface area contributed by atoms with Gasteiger partial charge in [-0.1, -0.05) is 230 Å². The smallest absolute Gasteiger partial charge is 0.121 e. The van der Waals surface area contributed by atoms with Gasteiger partial charge in [-0.3, -0.25) is 0 Å². The summed E-state index contributed by atoms with van der Waals surface area (Å²) in [5, 5.41) is 24.9. The molecule has 6 heterocycles. The summed E-state index contributed by atoms with van der Waals surface area (Å²) < 4.78 is 16.6. The molecule has 6 aromatic rings. The maximum absolute atomic E-state index is 12.5. The van der Waals surface area contributed by atoms with Gasteiger partial charge in [0.2, 0.25) is 0 Å². The average molecular weight is 1290 g/mol. The van der Waals surface area contributed by atoms with E-state index in [0.29, 0.717) is 13.2 Å². The Morgan fingerprint density at radius 2 is 0.671 bits per heavy atom. The molecule has 0 spiro atoms. The minimum Gasteiger partial charge on any atom is -1.00 e. The Kier molecular flexibility index (Phi) is 24.1. The molecule has 6 aliphatic heterocycles. The molecule has 6 fully saturated rings. The van der Waals surface area contributed by atoms with Crippen LogP contribution in [0.25, 0.3) is 0 Å². The summed E-state index contributed by atoms with van der Waals surface area (Å²) >= 11 is 6.97. The van der Waals surface area contributed by atoms with Gasteiger partial charge < -0.3 is 62.6 Å². The molecular weight excluding hydrogens is 1200 g/mol. The first-order valence-electron chi connectivity index (χ1n) is 28.0. The predicted octanol–water partition coefficient (Wildman–Crippen LogP) is 9.18. The average Bonchev–Trinajstić information content (AvgIpc) is 3.48. The standard InChI is InChI=1S/2C29H33BrNO2.C8H18.2BrH/c2*30-27-13-11-24(12-14-27)23-33-22-21-31-18-15-28(16-19-31,17-20-31)29(32,25-7-3-1-4-8-25)26-9-5-2-6-10-26;1-3-5-7-8-6-4-2;;/h2*1-14,32H,15-23H2;3-8H2,1-2H3;2*1H/q2*+1;;;/p-2. The number of nitrogens with zero attached hydrogens (tertiary/aromatic N) is 2. The zero-order valence-electron chi connectivity index (χ0n) is 45.3. The zero-order chi connectivity index (χ0) is 51.8. The molecule has 0 aromatic heterocycles. The third kappa shape index (κ3) is 14.7. The number of halogens is 4. The Bertz CT molecular complexity index is 2260. The van der Waals surface area contributed by atoms with Gasteiger partial charge in [-0.05, 0) is 57.6 Å². The molecule has 76 heavy (non-hydrogen) atoms. The number of hydrogen-bond donors (Lipinski definition) is 2. The number of unbranched alkanes of at least 4 members (excludes halogenated alkanes) is 5. The van der Waals surface area contributed by atoms with Gasteiger partial charge in [-0.15, -0.1) is 0 Å². The van der Waals surface area contributed by atoms with E-state index in [1.807, 2.05) is 24.3 Å². The highest BCUT2D eigenvalue weighted by Crippen LogP contribution is 2.59. The Morgan fingerprint density at radius 3 is 0.921 bits per heavy atom. The Morgan fingerprint density at radius 1 is 0.408 bits per heavy atom. The molecule has 0 atom stereocenters. The van der Waals surface area contributed by atoms with Crippen molar-refractivity contribution < 1.29 is 62.6 Å². The topological polar surface area (TPSA) is 58.9 Å². The van der Waals surface area contributed by atoms with Crippen molar-refractivity contribution in [1.29, 1.82) is 0 Å². The van der Waals surface area contributed by atoms with Gasteiger partial charge in [0.25, 0.3) is 0 Å². The van der Waals surface area contributed by atoms with Crippen molar-refractivity contribution in [3.05, 3.63) is 212 Å². The van der Waals surface area contributed by atoms with Crippen molar-refractivity contribution in [2.45, 2.75) is 115 Å². The third-order valence-electron chi connectivity index (χ3n) is 17.9. The summed E-state index contributed by atoms with van der Waals surface area (Å²) in [6.07, 6.45) is 14.7. The van der Waals surface area contributed by atoms with E-state index in [1.54, 1.807) is 0 Å². The molecule has 12 rings (SSSR count). The number of benzene rings is 6. The molecule has 0 radical (unpaired) electrons. The van der Waals surface area contributed by atoms with Gasteiger partial charge in [-0.25, -0.2) is 0 Å². The van der Waals surface area contributed by atoms with Gasteiger partial charge in [0.1, 0.15) is 24.3 Å². The number of piperidine rings is 6. The summed E-state index contributed by atoms with van der Waals surface area (Å²) in [6.45, 7) is 16.2. The number of fused-ring (bicyclic) bond motifs is 6. The van der Waals surface area contributed by atoms with Crippen LogP contribution in [0.2, 0.25) is 0 Å². The van der Waals surface area contributed by atoms with Crippen LogP contribution >= 0.6 is 31.9 Å². The maximum atomic E-state index is 12.5. The lowest BCUT2D eigenvalue weighted by molar-refractivity contribution is -0.946. The van der Waals surface area contributed by atoms with Crippen molar-refractivity contribution in [2.24, 2.45) is 10.8 Å². The molecule has 0 unspecified atom stereocenters. The fraction of sp³-hybridized carbons (Fsp3) is 0.455. The summed E-state index contributed by atoms with van der Waals surface area (Å²) in [4.78, 5) is 0. The monoisotopic (exact) mass is 1280 g/mol.